The molecule has 0 unspecified atom stereocenters. The highest BCUT2D eigenvalue weighted by molar-refractivity contribution is 6.63. The van der Waals surface area contributed by atoms with Crippen LogP contribution in [0.15, 0.2) is 24.3 Å². The van der Waals surface area contributed by atoms with Gasteiger partial charge >= 0.3 is 6.18 Å². The SMILES string of the molecule is O=C(Cl)CCCNC(=O)c1ccc(C(F)(F)F)cc1. The number of amides is 1. The second kappa shape index (κ2) is 6.56. The molecule has 0 aliphatic carbocycles. The third kappa shape index (κ3) is 5.30. The number of carbonyl (C=O) groups is 2. The molecule has 0 saturated heterocycles. The fourth-order valence-electron chi connectivity index (χ4n) is 1.34. The van der Waals surface area contributed by atoms with Gasteiger partial charge in [0.2, 0.25) is 5.24 Å². The summed E-state index contributed by atoms with van der Waals surface area (Å²) in [7, 11) is 0. The lowest BCUT2D eigenvalue weighted by Crippen LogP contribution is -2.24. The number of hydrogen-bond acceptors (Lipinski definition) is 2. The van der Waals surface area contributed by atoms with Gasteiger partial charge in [-0.1, -0.05) is 0 Å². The summed E-state index contributed by atoms with van der Waals surface area (Å²) in [6.07, 6.45) is -3.90. The molecule has 0 aromatic heterocycles. The first-order chi connectivity index (χ1) is 8.80. The maximum Gasteiger partial charge on any atom is 0.416 e. The van der Waals surface area contributed by atoms with Gasteiger partial charge in [0.15, 0.2) is 0 Å². The standard InChI is InChI=1S/C12H11ClF3NO2/c13-10(18)2-1-7-17-11(19)8-3-5-9(6-4-8)12(14,15)16/h3-6H,1-2,7H2,(H,17,19). The minimum absolute atomic E-state index is 0.130. The van der Waals surface area contributed by atoms with E-state index in [-0.39, 0.29) is 18.5 Å². The van der Waals surface area contributed by atoms with Crippen LogP contribution in [0.3, 0.4) is 0 Å². The summed E-state index contributed by atoms with van der Waals surface area (Å²) in [5.41, 5.74) is -0.679. The topological polar surface area (TPSA) is 46.2 Å². The number of carbonyl (C=O) groups excluding carboxylic acids is 2. The monoisotopic (exact) mass is 293 g/mol. The first-order valence-corrected chi connectivity index (χ1v) is 5.82. The normalized spacial score (nSPS) is 11.2. The smallest absolute Gasteiger partial charge is 0.352 e. The summed E-state index contributed by atoms with van der Waals surface area (Å²) < 4.78 is 36.9. The number of halogens is 4. The molecule has 104 valence electrons. The van der Waals surface area contributed by atoms with Crippen molar-refractivity contribution in [1.29, 1.82) is 0 Å². The van der Waals surface area contributed by atoms with Gasteiger partial charge in [-0.15, -0.1) is 0 Å². The molecule has 7 heteroatoms. The Morgan fingerprint density at radius 1 is 1.16 bits per heavy atom. The molecule has 1 amide bonds. The van der Waals surface area contributed by atoms with Gasteiger partial charge in [-0.05, 0) is 42.3 Å². The van der Waals surface area contributed by atoms with Crippen molar-refractivity contribution in [2.75, 3.05) is 6.54 Å². The Hall–Kier alpha value is -1.56. The Labute approximate surface area is 112 Å². The van der Waals surface area contributed by atoms with Crippen LogP contribution in [0.1, 0.15) is 28.8 Å². The third-order valence-electron chi connectivity index (χ3n) is 2.31. The van der Waals surface area contributed by atoms with Gasteiger partial charge in [0, 0.05) is 18.5 Å². The van der Waals surface area contributed by atoms with Crippen molar-refractivity contribution in [3.63, 3.8) is 0 Å². The zero-order valence-electron chi connectivity index (χ0n) is 9.76. The maximum absolute atomic E-state index is 12.3. The number of nitrogens with one attached hydrogen (secondary N) is 1. The lowest BCUT2D eigenvalue weighted by Gasteiger charge is -2.08. The minimum atomic E-state index is -4.42. The second-order valence-electron chi connectivity index (χ2n) is 3.79. The van der Waals surface area contributed by atoms with Crippen LogP contribution in [-0.4, -0.2) is 17.7 Å². The molecule has 19 heavy (non-hydrogen) atoms. The Morgan fingerprint density at radius 3 is 2.21 bits per heavy atom. The summed E-state index contributed by atoms with van der Waals surface area (Å²) in [4.78, 5) is 22.0. The van der Waals surface area contributed by atoms with Crippen LogP contribution in [0.2, 0.25) is 0 Å². The van der Waals surface area contributed by atoms with Gasteiger partial charge in [0.25, 0.3) is 5.91 Å². The lowest BCUT2D eigenvalue weighted by atomic mass is 10.1. The summed E-state index contributed by atoms with van der Waals surface area (Å²) in [6.45, 7) is 0.234. The fourth-order valence-corrected chi connectivity index (χ4v) is 1.48. The Kier molecular flexibility index (Phi) is 5.35. The largest absolute Gasteiger partial charge is 0.416 e. The van der Waals surface area contributed by atoms with Crippen molar-refractivity contribution in [1.82, 2.24) is 5.32 Å². The molecule has 0 bridgehead atoms. The van der Waals surface area contributed by atoms with Crippen LogP contribution in [0.5, 0.6) is 0 Å². The molecule has 0 saturated carbocycles. The number of benzene rings is 1. The Bertz CT molecular complexity index is 457. The number of hydrogen-bond donors (Lipinski definition) is 1. The van der Waals surface area contributed by atoms with Crippen LogP contribution in [-0.2, 0) is 11.0 Å². The number of rotatable bonds is 5. The fraction of sp³-hybridized carbons (Fsp3) is 0.333. The van der Waals surface area contributed by atoms with E-state index in [1.54, 1.807) is 0 Å². The molecule has 0 aliphatic heterocycles. The summed E-state index contributed by atoms with van der Waals surface area (Å²) >= 11 is 5.11. The predicted molar refractivity (Wildman–Crippen MR) is 63.9 cm³/mol. The Balaban J connectivity index is 2.52. The van der Waals surface area contributed by atoms with Crippen molar-refractivity contribution >= 4 is 22.8 Å². The summed E-state index contributed by atoms with van der Waals surface area (Å²) in [5, 5.41) is 1.98. The maximum atomic E-state index is 12.3. The lowest BCUT2D eigenvalue weighted by molar-refractivity contribution is -0.137. The van der Waals surface area contributed by atoms with E-state index < -0.39 is 22.9 Å². The van der Waals surface area contributed by atoms with Gasteiger partial charge in [-0.25, -0.2) is 0 Å². The minimum Gasteiger partial charge on any atom is -0.352 e. The van der Waals surface area contributed by atoms with Crippen molar-refractivity contribution in [3.8, 4) is 0 Å². The molecule has 3 nitrogen and oxygen atoms in total. The first-order valence-electron chi connectivity index (χ1n) is 5.44. The van der Waals surface area contributed by atoms with E-state index in [4.69, 9.17) is 11.6 Å². The van der Waals surface area contributed by atoms with Gasteiger partial charge in [0.1, 0.15) is 0 Å². The van der Waals surface area contributed by atoms with Crippen LogP contribution in [0, 0.1) is 0 Å². The molecule has 1 N–H and O–H groups in total. The van der Waals surface area contributed by atoms with E-state index in [2.05, 4.69) is 5.32 Å². The van der Waals surface area contributed by atoms with Gasteiger partial charge < -0.3 is 5.32 Å². The zero-order valence-corrected chi connectivity index (χ0v) is 10.5. The molecule has 0 radical (unpaired) electrons. The zero-order chi connectivity index (χ0) is 14.5. The second-order valence-corrected chi connectivity index (χ2v) is 4.21. The molecule has 0 aliphatic rings. The van der Waals surface area contributed by atoms with Gasteiger partial charge in [-0.3, -0.25) is 9.59 Å². The van der Waals surface area contributed by atoms with E-state index in [9.17, 15) is 22.8 Å². The molecule has 0 spiro atoms. The van der Waals surface area contributed by atoms with Crippen LogP contribution < -0.4 is 5.32 Å². The highest BCUT2D eigenvalue weighted by Gasteiger charge is 2.30. The van der Waals surface area contributed by atoms with Gasteiger partial charge in [-0.2, -0.15) is 13.2 Å². The van der Waals surface area contributed by atoms with E-state index in [1.807, 2.05) is 0 Å². The molecule has 0 fully saturated rings. The van der Waals surface area contributed by atoms with E-state index in [1.165, 1.54) is 0 Å². The van der Waals surface area contributed by atoms with Crippen molar-refractivity contribution in [2.24, 2.45) is 0 Å². The van der Waals surface area contributed by atoms with Crippen LogP contribution in [0.25, 0.3) is 0 Å². The highest BCUT2D eigenvalue weighted by Crippen LogP contribution is 2.28. The molecule has 0 atom stereocenters. The van der Waals surface area contributed by atoms with Crippen LogP contribution in [0.4, 0.5) is 13.2 Å². The van der Waals surface area contributed by atoms with Crippen molar-refractivity contribution in [3.05, 3.63) is 35.4 Å². The van der Waals surface area contributed by atoms with Crippen LogP contribution >= 0.6 is 11.6 Å². The molecule has 1 aromatic rings. The van der Waals surface area contributed by atoms with E-state index >= 15 is 0 Å². The van der Waals surface area contributed by atoms with Gasteiger partial charge in [0.05, 0.1) is 5.56 Å². The first kappa shape index (κ1) is 15.5. The molecular weight excluding hydrogens is 283 g/mol. The third-order valence-corrected chi connectivity index (χ3v) is 2.50. The molecule has 0 heterocycles. The molecule has 1 aromatic carbocycles. The predicted octanol–water partition coefficient (Wildman–Crippen LogP) is 2.98. The Morgan fingerprint density at radius 2 is 1.74 bits per heavy atom. The highest BCUT2D eigenvalue weighted by atomic mass is 35.5. The van der Waals surface area contributed by atoms with E-state index in [0.717, 1.165) is 24.3 Å². The van der Waals surface area contributed by atoms with E-state index in [0.29, 0.717) is 6.42 Å². The number of alkyl halides is 3. The average molecular weight is 294 g/mol. The van der Waals surface area contributed by atoms with Crippen molar-refractivity contribution < 1.29 is 22.8 Å². The molecule has 1 rings (SSSR count). The average Bonchev–Trinajstić information content (AvgIpc) is 2.33. The summed E-state index contributed by atoms with van der Waals surface area (Å²) in [5.74, 6) is -0.490. The summed E-state index contributed by atoms with van der Waals surface area (Å²) in [6, 6.07) is 3.89. The van der Waals surface area contributed by atoms with Crippen molar-refractivity contribution in [2.45, 2.75) is 19.0 Å². The molecular formula is C12H11ClF3NO2. The quantitative estimate of drug-likeness (QED) is 0.670.